The number of hydrogen-bond acceptors (Lipinski definition) is 5. The lowest BCUT2D eigenvalue weighted by Crippen LogP contribution is -2.05. The molecule has 21 heavy (non-hydrogen) atoms. The van der Waals surface area contributed by atoms with Crippen molar-refractivity contribution in [3.05, 3.63) is 46.6 Å². The quantitative estimate of drug-likeness (QED) is 0.801. The molecule has 0 radical (unpaired) electrons. The highest BCUT2D eigenvalue weighted by atomic mass is 32.1. The first-order valence-corrected chi connectivity index (χ1v) is 6.64. The molecule has 104 valence electrons. The highest BCUT2D eigenvalue weighted by Crippen LogP contribution is 2.33. The number of carbonyl (C=O) groups is 1. The van der Waals surface area contributed by atoms with E-state index in [0.717, 1.165) is 11.3 Å². The SMILES string of the molecule is N#Cc1ncn(Cc2c(C(=O)O)sc3cccc(F)c23)n1. The van der Waals surface area contributed by atoms with Gasteiger partial charge in [-0.3, -0.25) is 0 Å². The lowest BCUT2D eigenvalue weighted by molar-refractivity contribution is 0.0701. The Bertz CT molecular complexity index is 893. The number of thiophene rings is 1. The monoisotopic (exact) mass is 302 g/mol. The molecule has 2 heterocycles. The van der Waals surface area contributed by atoms with E-state index in [4.69, 9.17) is 5.26 Å². The van der Waals surface area contributed by atoms with Crippen molar-refractivity contribution in [2.75, 3.05) is 0 Å². The van der Waals surface area contributed by atoms with Crippen LogP contribution in [0, 0.1) is 17.1 Å². The van der Waals surface area contributed by atoms with Gasteiger partial charge in [0.1, 0.15) is 23.1 Å². The third kappa shape index (κ3) is 2.23. The predicted octanol–water partition coefficient (Wildman–Crippen LogP) is 2.25. The second-order valence-electron chi connectivity index (χ2n) is 4.21. The fourth-order valence-corrected chi connectivity index (χ4v) is 3.14. The summed E-state index contributed by atoms with van der Waals surface area (Å²) < 4.78 is 15.9. The smallest absolute Gasteiger partial charge is 0.346 e. The van der Waals surface area contributed by atoms with Gasteiger partial charge in [0.05, 0.1) is 6.54 Å². The predicted molar refractivity (Wildman–Crippen MR) is 72.6 cm³/mol. The van der Waals surface area contributed by atoms with Crippen LogP contribution in [0.25, 0.3) is 10.1 Å². The van der Waals surface area contributed by atoms with Crippen molar-refractivity contribution in [2.24, 2.45) is 0 Å². The lowest BCUT2D eigenvalue weighted by Gasteiger charge is -2.02. The van der Waals surface area contributed by atoms with Gasteiger partial charge in [-0.2, -0.15) is 5.26 Å². The Morgan fingerprint density at radius 3 is 3.00 bits per heavy atom. The summed E-state index contributed by atoms with van der Waals surface area (Å²) in [5.74, 6) is -1.62. The number of fused-ring (bicyclic) bond motifs is 1. The summed E-state index contributed by atoms with van der Waals surface area (Å²) in [5.41, 5.74) is 0.329. The van der Waals surface area contributed by atoms with Crippen molar-refractivity contribution in [1.29, 1.82) is 5.26 Å². The van der Waals surface area contributed by atoms with Crippen molar-refractivity contribution in [3.63, 3.8) is 0 Å². The van der Waals surface area contributed by atoms with Crippen LogP contribution in [0.1, 0.15) is 21.1 Å². The molecular weight excluding hydrogens is 295 g/mol. The second kappa shape index (κ2) is 4.96. The molecular formula is C13H7FN4O2S. The Morgan fingerprint density at radius 2 is 2.33 bits per heavy atom. The van der Waals surface area contributed by atoms with Crippen LogP contribution in [0.2, 0.25) is 0 Å². The van der Waals surface area contributed by atoms with Crippen LogP contribution >= 0.6 is 11.3 Å². The first-order valence-electron chi connectivity index (χ1n) is 5.83. The van der Waals surface area contributed by atoms with Gasteiger partial charge in [0.2, 0.25) is 0 Å². The van der Waals surface area contributed by atoms with Gasteiger partial charge in [-0.15, -0.1) is 16.4 Å². The highest BCUT2D eigenvalue weighted by molar-refractivity contribution is 7.21. The second-order valence-corrected chi connectivity index (χ2v) is 5.26. The molecule has 0 aliphatic heterocycles. The average Bonchev–Trinajstić information content (AvgIpc) is 3.05. The average molecular weight is 302 g/mol. The fraction of sp³-hybridized carbons (Fsp3) is 0.0769. The van der Waals surface area contributed by atoms with Gasteiger partial charge < -0.3 is 5.11 Å². The van der Waals surface area contributed by atoms with E-state index in [2.05, 4.69) is 10.1 Å². The number of carboxylic acid groups (broad SMARTS) is 1. The van der Waals surface area contributed by atoms with Crippen molar-refractivity contribution in [2.45, 2.75) is 6.54 Å². The van der Waals surface area contributed by atoms with E-state index in [1.165, 1.54) is 23.1 Å². The number of hydrogen-bond donors (Lipinski definition) is 1. The Kier molecular flexibility index (Phi) is 3.12. The molecule has 0 aliphatic carbocycles. The molecule has 8 heteroatoms. The molecule has 0 bridgehead atoms. The van der Waals surface area contributed by atoms with Gasteiger partial charge >= 0.3 is 5.97 Å². The van der Waals surface area contributed by atoms with E-state index in [1.54, 1.807) is 12.1 Å². The number of halogens is 1. The summed E-state index contributed by atoms with van der Waals surface area (Å²) in [6, 6.07) is 6.27. The van der Waals surface area contributed by atoms with E-state index in [1.807, 2.05) is 0 Å². The van der Waals surface area contributed by atoms with Crippen LogP contribution in [0.5, 0.6) is 0 Å². The van der Waals surface area contributed by atoms with Crippen LogP contribution in [0.4, 0.5) is 4.39 Å². The number of nitrogens with zero attached hydrogens (tertiary/aromatic N) is 4. The normalized spacial score (nSPS) is 10.7. The number of benzene rings is 1. The van der Waals surface area contributed by atoms with Gasteiger partial charge in [-0.25, -0.2) is 18.9 Å². The molecule has 1 N–H and O–H groups in total. The number of rotatable bonds is 3. The molecule has 0 spiro atoms. The summed E-state index contributed by atoms with van der Waals surface area (Å²) in [6.07, 6.45) is 1.31. The third-order valence-corrected chi connectivity index (χ3v) is 4.10. The summed E-state index contributed by atoms with van der Waals surface area (Å²) in [4.78, 5) is 15.1. The van der Waals surface area contributed by atoms with Crippen LogP contribution in [0.15, 0.2) is 24.5 Å². The first-order chi connectivity index (χ1) is 10.1. The van der Waals surface area contributed by atoms with Crippen LogP contribution in [0.3, 0.4) is 0 Å². The van der Waals surface area contributed by atoms with Crippen molar-refractivity contribution in [3.8, 4) is 6.07 Å². The highest BCUT2D eigenvalue weighted by Gasteiger charge is 2.20. The number of nitriles is 1. The van der Waals surface area contributed by atoms with Gasteiger partial charge in [0.15, 0.2) is 0 Å². The molecule has 3 aromatic rings. The minimum absolute atomic E-state index is 0.0214. The number of aromatic carboxylic acids is 1. The fourth-order valence-electron chi connectivity index (χ4n) is 2.07. The molecule has 6 nitrogen and oxygen atoms in total. The maximum Gasteiger partial charge on any atom is 0.346 e. The Labute approximate surface area is 121 Å². The summed E-state index contributed by atoms with van der Waals surface area (Å²) in [6.45, 7) is 0.0389. The molecule has 0 fully saturated rings. The Hall–Kier alpha value is -2.79. The maximum atomic E-state index is 14.0. The molecule has 0 unspecified atom stereocenters. The minimum atomic E-state index is -1.12. The molecule has 3 rings (SSSR count). The van der Waals surface area contributed by atoms with Gasteiger partial charge in [0, 0.05) is 15.6 Å². The summed E-state index contributed by atoms with van der Waals surface area (Å²) in [5, 5.41) is 22.1. The van der Waals surface area contributed by atoms with Gasteiger partial charge in [0.25, 0.3) is 5.82 Å². The van der Waals surface area contributed by atoms with E-state index in [0.29, 0.717) is 10.3 Å². The number of carboxylic acids is 1. The topological polar surface area (TPSA) is 91.8 Å². The first kappa shape index (κ1) is 13.2. The number of aromatic nitrogens is 3. The third-order valence-electron chi connectivity index (χ3n) is 2.91. The van der Waals surface area contributed by atoms with Crippen LogP contribution < -0.4 is 0 Å². The molecule has 0 aliphatic rings. The zero-order valence-corrected chi connectivity index (χ0v) is 11.3. The van der Waals surface area contributed by atoms with E-state index in [9.17, 15) is 14.3 Å². The zero-order chi connectivity index (χ0) is 15.0. The van der Waals surface area contributed by atoms with Crippen molar-refractivity contribution in [1.82, 2.24) is 14.8 Å². The maximum absolute atomic E-state index is 14.0. The standard InChI is InChI=1S/C13H7FN4O2S/c14-8-2-1-3-9-11(8)7(12(21-9)13(19)20)5-18-6-16-10(4-15)17-18/h1-3,6H,5H2,(H,19,20). The molecule has 0 amide bonds. The molecule has 1 aromatic carbocycles. The van der Waals surface area contributed by atoms with Crippen LogP contribution in [-0.2, 0) is 6.54 Å². The summed E-state index contributed by atoms with van der Waals surface area (Å²) in [7, 11) is 0. The van der Waals surface area contributed by atoms with Gasteiger partial charge in [-0.1, -0.05) is 6.07 Å². The molecule has 0 atom stereocenters. The largest absolute Gasteiger partial charge is 0.477 e. The van der Waals surface area contributed by atoms with Crippen molar-refractivity contribution < 1.29 is 14.3 Å². The van der Waals surface area contributed by atoms with E-state index in [-0.39, 0.29) is 22.6 Å². The summed E-state index contributed by atoms with van der Waals surface area (Å²) >= 11 is 1.01. The van der Waals surface area contributed by atoms with Crippen LogP contribution in [-0.4, -0.2) is 25.8 Å². The molecule has 0 saturated carbocycles. The van der Waals surface area contributed by atoms with Gasteiger partial charge in [-0.05, 0) is 12.1 Å². The van der Waals surface area contributed by atoms with Crippen molar-refractivity contribution >= 4 is 27.4 Å². The minimum Gasteiger partial charge on any atom is -0.477 e. The Balaban J connectivity index is 2.17. The molecule has 0 saturated heterocycles. The Morgan fingerprint density at radius 1 is 1.52 bits per heavy atom. The van der Waals surface area contributed by atoms with E-state index >= 15 is 0 Å². The van der Waals surface area contributed by atoms with E-state index < -0.39 is 11.8 Å². The molecule has 2 aromatic heterocycles. The lowest BCUT2D eigenvalue weighted by atomic mass is 10.1. The zero-order valence-electron chi connectivity index (χ0n) is 10.4.